The molecular formula is C20H20O5. The Morgan fingerprint density at radius 2 is 1.84 bits per heavy atom. The Labute approximate surface area is 146 Å². The van der Waals surface area contributed by atoms with Crippen LogP contribution in [-0.4, -0.2) is 30.6 Å². The van der Waals surface area contributed by atoms with Crippen LogP contribution in [0.1, 0.15) is 28.8 Å². The van der Waals surface area contributed by atoms with Crippen LogP contribution < -0.4 is 9.47 Å². The first-order valence-electron chi connectivity index (χ1n) is 7.89. The van der Waals surface area contributed by atoms with Crippen molar-refractivity contribution in [3.05, 3.63) is 65.7 Å². The molecule has 0 aliphatic heterocycles. The average Bonchev–Trinajstić information content (AvgIpc) is 2.64. The number of carbonyl (C=O) groups excluding carboxylic acids is 1. The molecule has 2 aromatic rings. The number of aliphatic carboxylic acids is 1. The summed E-state index contributed by atoms with van der Waals surface area (Å²) in [6.45, 7) is 0.329. The molecule has 0 spiro atoms. The first-order valence-corrected chi connectivity index (χ1v) is 7.89. The standard InChI is InChI=1S/C20H20O5/c1-24-18-5-2-4-15(14-18)7-12-19(21)16-8-10-17(11-9-16)25-13-3-6-20(22)23/h2,4-5,7-12,14H,3,6,13H2,1H3,(H,22,23)/b12-7+. The summed E-state index contributed by atoms with van der Waals surface area (Å²) in [4.78, 5) is 22.6. The molecule has 0 saturated heterocycles. The van der Waals surface area contributed by atoms with Gasteiger partial charge in [0, 0.05) is 12.0 Å². The predicted octanol–water partition coefficient (Wildman–Crippen LogP) is 3.83. The maximum Gasteiger partial charge on any atom is 0.303 e. The van der Waals surface area contributed by atoms with Crippen LogP contribution in [0.25, 0.3) is 6.08 Å². The molecular weight excluding hydrogens is 320 g/mol. The molecule has 25 heavy (non-hydrogen) atoms. The molecule has 5 heteroatoms. The second-order valence-corrected chi connectivity index (χ2v) is 5.34. The lowest BCUT2D eigenvalue weighted by Gasteiger charge is -2.05. The largest absolute Gasteiger partial charge is 0.497 e. The van der Waals surface area contributed by atoms with Crippen molar-refractivity contribution >= 4 is 17.8 Å². The second-order valence-electron chi connectivity index (χ2n) is 5.34. The molecule has 5 nitrogen and oxygen atoms in total. The maximum absolute atomic E-state index is 12.2. The van der Waals surface area contributed by atoms with Gasteiger partial charge in [0.05, 0.1) is 13.7 Å². The van der Waals surface area contributed by atoms with Crippen molar-refractivity contribution < 1.29 is 24.2 Å². The fraction of sp³-hybridized carbons (Fsp3) is 0.200. The van der Waals surface area contributed by atoms with E-state index < -0.39 is 5.97 Å². The summed E-state index contributed by atoms with van der Waals surface area (Å²) in [7, 11) is 1.60. The molecule has 0 saturated carbocycles. The number of hydrogen-bond acceptors (Lipinski definition) is 4. The van der Waals surface area contributed by atoms with E-state index in [4.69, 9.17) is 14.6 Å². The van der Waals surface area contributed by atoms with Crippen LogP contribution >= 0.6 is 0 Å². The highest BCUT2D eigenvalue weighted by molar-refractivity contribution is 6.06. The normalized spacial score (nSPS) is 10.6. The van der Waals surface area contributed by atoms with Gasteiger partial charge in [-0.05, 0) is 54.5 Å². The number of carbonyl (C=O) groups is 2. The molecule has 130 valence electrons. The van der Waals surface area contributed by atoms with E-state index in [1.165, 1.54) is 6.08 Å². The maximum atomic E-state index is 12.2. The molecule has 1 N–H and O–H groups in total. The molecule has 0 aliphatic carbocycles. The van der Waals surface area contributed by atoms with E-state index in [0.717, 1.165) is 11.3 Å². The number of allylic oxidation sites excluding steroid dienone is 1. The highest BCUT2D eigenvalue weighted by Gasteiger charge is 2.03. The molecule has 0 bridgehead atoms. The SMILES string of the molecule is COc1cccc(/C=C/C(=O)c2ccc(OCCCC(=O)O)cc2)c1. The molecule has 0 fully saturated rings. The lowest BCUT2D eigenvalue weighted by atomic mass is 10.1. The molecule has 0 amide bonds. The number of ether oxygens (including phenoxy) is 2. The van der Waals surface area contributed by atoms with E-state index in [1.54, 1.807) is 37.5 Å². The van der Waals surface area contributed by atoms with Gasteiger partial charge in [-0.15, -0.1) is 0 Å². The molecule has 0 radical (unpaired) electrons. The highest BCUT2D eigenvalue weighted by atomic mass is 16.5. The third-order valence-corrected chi connectivity index (χ3v) is 3.46. The van der Waals surface area contributed by atoms with Crippen LogP contribution in [-0.2, 0) is 4.79 Å². The second kappa shape index (κ2) is 9.27. The number of benzene rings is 2. The summed E-state index contributed by atoms with van der Waals surface area (Å²) in [5.74, 6) is 0.394. The summed E-state index contributed by atoms with van der Waals surface area (Å²) in [6.07, 6.45) is 3.77. The Morgan fingerprint density at radius 1 is 1.08 bits per heavy atom. The predicted molar refractivity (Wildman–Crippen MR) is 95.2 cm³/mol. The average molecular weight is 340 g/mol. The zero-order chi connectivity index (χ0) is 18.1. The minimum absolute atomic E-state index is 0.0750. The molecule has 2 rings (SSSR count). The third-order valence-electron chi connectivity index (χ3n) is 3.46. The first-order chi connectivity index (χ1) is 12.1. The van der Waals surface area contributed by atoms with E-state index in [-0.39, 0.29) is 12.2 Å². The van der Waals surface area contributed by atoms with Crippen molar-refractivity contribution in [2.45, 2.75) is 12.8 Å². The van der Waals surface area contributed by atoms with Crippen molar-refractivity contribution in [1.29, 1.82) is 0 Å². The fourth-order valence-corrected chi connectivity index (χ4v) is 2.14. The lowest BCUT2D eigenvalue weighted by Crippen LogP contribution is -2.02. The number of hydrogen-bond donors (Lipinski definition) is 1. The van der Waals surface area contributed by atoms with Gasteiger partial charge >= 0.3 is 5.97 Å². The third kappa shape index (κ3) is 6.14. The van der Waals surface area contributed by atoms with Gasteiger partial charge in [0.1, 0.15) is 11.5 Å². The van der Waals surface area contributed by atoms with Gasteiger partial charge in [0.2, 0.25) is 0 Å². The smallest absolute Gasteiger partial charge is 0.303 e. The van der Waals surface area contributed by atoms with E-state index in [1.807, 2.05) is 24.3 Å². The highest BCUT2D eigenvalue weighted by Crippen LogP contribution is 2.16. The van der Waals surface area contributed by atoms with Crippen LogP contribution in [0.4, 0.5) is 0 Å². The summed E-state index contributed by atoms with van der Waals surface area (Å²) >= 11 is 0. The quantitative estimate of drug-likeness (QED) is 0.427. The summed E-state index contributed by atoms with van der Waals surface area (Å²) in [5.41, 5.74) is 1.43. The Balaban J connectivity index is 1.91. The number of carboxylic acids is 1. The molecule has 0 atom stereocenters. The molecule has 0 aliphatic rings. The number of rotatable bonds is 9. The molecule has 2 aromatic carbocycles. The van der Waals surface area contributed by atoms with Crippen molar-refractivity contribution in [2.24, 2.45) is 0 Å². The van der Waals surface area contributed by atoms with Crippen molar-refractivity contribution in [3.63, 3.8) is 0 Å². The minimum Gasteiger partial charge on any atom is -0.497 e. The van der Waals surface area contributed by atoms with Gasteiger partial charge in [-0.25, -0.2) is 0 Å². The van der Waals surface area contributed by atoms with Crippen LogP contribution in [0, 0.1) is 0 Å². The number of methoxy groups -OCH3 is 1. The Bertz CT molecular complexity index is 747. The summed E-state index contributed by atoms with van der Waals surface area (Å²) in [5, 5.41) is 8.56. The number of ketones is 1. The Hall–Kier alpha value is -3.08. The van der Waals surface area contributed by atoms with E-state index in [9.17, 15) is 9.59 Å². The van der Waals surface area contributed by atoms with Crippen LogP contribution in [0.2, 0.25) is 0 Å². The topological polar surface area (TPSA) is 72.8 Å². The molecule has 0 aromatic heterocycles. The molecule has 0 unspecified atom stereocenters. The monoisotopic (exact) mass is 340 g/mol. The first kappa shape index (κ1) is 18.3. The van der Waals surface area contributed by atoms with Gasteiger partial charge in [-0.3, -0.25) is 9.59 Å². The van der Waals surface area contributed by atoms with Crippen LogP contribution in [0.15, 0.2) is 54.6 Å². The minimum atomic E-state index is -0.840. The van der Waals surface area contributed by atoms with Crippen molar-refractivity contribution in [2.75, 3.05) is 13.7 Å². The van der Waals surface area contributed by atoms with Gasteiger partial charge in [-0.1, -0.05) is 18.2 Å². The van der Waals surface area contributed by atoms with E-state index in [2.05, 4.69) is 0 Å². The molecule has 0 heterocycles. The van der Waals surface area contributed by atoms with E-state index >= 15 is 0 Å². The van der Waals surface area contributed by atoms with E-state index in [0.29, 0.717) is 24.3 Å². The Kier molecular flexibility index (Phi) is 6.77. The van der Waals surface area contributed by atoms with Crippen LogP contribution in [0.3, 0.4) is 0 Å². The van der Waals surface area contributed by atoms with Crippen LogP contribution in [0.5, 0.6) is 11.5 Å². The zero-order valence-corrected chi connectivity index (χ0v) is 14.0. The van der Waals surface area contributed by atoms with Gasteiger partial charge in [-0.2, -0.15) is 0 Å². The Morgan fingerprint density at radius 3 is 2.52 bits per heavy atom. The van der Waals surface area contributed by atoms with Crippen molar-refractivity contribution in [1.82, 2.24) is 0 Å². The fourth-order valence-electron chi connectivity index (χ4n) is 2.14. The zero-order valence-electron chi connectivity index (χ0n) is 14.0. The van der Waals surface area contributed by atoms with Gasteiger partial charge in [0.15, 0.2) is 5.78 Å². The van der Waals surface area contributed by atoms with Crippen molar-refractivity contribution in [3.8, 4) is 11.5 Å². The summed E-state index contributed by atoms with van der Waals surface area (Å²) < 4.78 is 10.6. The van der Waals surface area contributed by atoms with Gasteiger partial charge in [0.25, 0.3) is 0 Å². The summed E-state index contributed by atoms with van der Waals surface area (Å²) in [6, 6.07) is 14.2. The van der Waals surface area contributed by atoms with Gasteiger partial charge < -0.3 is 14.6 Å². The number of carboxylic acid groups (broad SMARTS) is 1. The lowest BCUT2D eigenvalue weighted by molar-refractivity contribution is -0.137.